The van der Waals surface area contributed by atoms with Crippen LogP contribution in [0.25, 0.3) is 5.57 Å². The molecule has 1 aliphatic carbocycles. The van der Waals surface area contributed by atoms with Crippen molar-refractivity contribution < 1.29 is 9.53 Å². The second-order valence-electron chi connectivity index (χ2n) is 4.75. The molecule has 0 fully saturated rings. The molecule has 0 saturated heterocycles. The molecule has 0 amide bonds. The Labute approximate surface area is 107 Å². The van der Waals surface area contributed by atoms with Gasteiger partial charge in [0.1, 0.15) is 0 Å². The molecule has 0 aromatic heterocycles. The SMILES string of the molecule is CCOC(=O)C1=C2c3ccccc3NC2CCC1. The lowest BCUT2D eigenvalue weighted by Gasteiger charge is -2.22. The van der Waals surface area contributed by atoms with Gasteiger partial charge in [0.05, 0.1) is 12.6 Å². The highest BCUT2D eigenvalue weighted by atomic mass is 16.5. The van der Waals surface area contributed by atoms with E-state index in [0.29, 0.717) is 6.61 Å². The molecule has 18 heavy (non-hydrogen) atoms. The summed E-state index contributed by atoms with van der Waals surface area (Å²) in [4.78, 5) is 12.0. The Morgan fingerprint density at radius 2 is 2.28 bits per heavy atom. The van der Waals surface area contributed by atoms with Crippen LogP contribution in [-0.2, 0) is 9.53 Å². The Balaban J connectivity index is 2.08. The topological polar surface area (TPSA) is 38.3 Å². The molecule has 3 rings (SSSR count). The molecule has 1 unspecified atom stereocenters. The Morgan fingerprint density at radius 3 is 3.11 bits per heavy atom. The zero-order valence-electron chi connectivity index (χ0n) is 10.5. The number of carbonyl (C=O) groups excluding carboxylic acids is 1. The van der Waals surface area contributed by atoms with Crippen LogP contribution in [0.1, 0.15) is 31.7 Å². The van der Waals surface area contributed by atoms with Gasteiger partial charge in [-0.1, -0.05) is 18.2 Å². The van der Waals surface area contributed by atoms with Gasteiger partial charge in [-0.2, -0.15) is 0 Å². The third-order valence-electron chi connectivity index (χ3n) is 3.66. The summed E-state index contributed by atoms with van der Waals surface area (Å²) >= 11 is 0. The first-order valence-corrected chi connectivity index (χ1v) is 6.57. The van der Waals surface area contributed by atoms with Gasteiger partial charge in [0.25, 0.3) is 0 Å². The molecule has 3 heteroatoms. The molecule has 1 N–H and O–H groups in total. The third-order valence-corrected chi connectivity index (χ3v) is 3.66. The van der Waals surface area contributed by atoms with Crippen LogP contribution in [0.2, 0.25) is 0 Å². The number of para-hydroxylation sites is 1. The minimum absolute atomic E-state index is 0.143. The van der Waals surface area contributed by atoms with Crippen LogP contribution in [0.4, 0.5) is 5.69 Å². The summed E-state index contributed by atoms with van der Waals surface area (Å²) in [6.07, 6.45) is 2.97. The first-order chi connectivity index (χ1) is 8.81. The van der Waals surface area contributed by atoms with Crippen molar-refractivity contribution in [3.8, 4) is 0 Å². The lowest BCUT2D eigenvalue weighted by atomic mass is 9.86. The zero-order valence-corrected chi connectivity index (χ0v) is 10.5. The average Bonchev–Trinajstić information content (AvgIpc) is 2.77. The predicted molar refractivity (Wildman–Crippen MR) is 71.3 cm³/mol. The minimum Gasteiger partial charge on any atom is -0.463 e. The van der Waals surface area contributed by atoms with Gasteiger partial charge in [0.2, 0.25) is 0 Å². The van der Waals surface area contributed by atoms with Crippen molar-refractivity contribution in [1.82, 2.24) is 0 Å². The number of carbonyl (C=O) groups is 1. The molecule has 0 spiro atoms. The molecule has 0 saturated carbocycles. The number of nitrogens with one attached hydrogen (secondary N) is 1. The largest absolute Gasteiger partial charge is 0.463 e. The van der Waals surface area contributed by atoms with E-state index in [9.17, 15) is 4.79 Å². The van der Waals surface area contributed by atoms with E-state index in [2.05, 4.69) is 17.4 Å². The van der Waals surface area contributed by atoms with Gasteiger partial charge in [0, 0.05) is 16.8 Å². The lowest BCUT2D eigenvalue weighted by molar-refractivity contribution is -0.138. The lowest BCUT2D eigenvalue weighted by Crippen LogP contribution is -2.23. The predicted octanol–water partition coefficient (Wildman–Crippen LogP) is 2.98. The molecule has 1 aromatic carbocycles. The molecular formula is C15H17NO2. The molecular weight excluding hydrogens is 226 g/mol. The minimum atomic E-state index is -0.143. The van der Waals surface area contributed by atoms with Crippen molar-refractivity contribution in [2.45, 2.75) is 32.2 Å². The standard InChI is InChI=1S/C15H17NO2/c1-2-18-15(17)11-7-5-9-13-14(11)10-6-3-4-8-12(10)16-13/h3-4,6,8,13,16H,2,5,7,9H2,1H3. The van der Waals surface area contributed by atoms with Crippen molar-refractivity contribution in [3.05, 3.63) is 35.4 Å². The molecule has 94 valence electrons. The van der Waals surface area contributed by atoms with E-state index < -0.39 is 0 Å². The summed E-state index contributed by atoms with van der Waals surface area (Å²) in [7, 11) is 0. The molecule has 1 heterocycles. The number of hydrogen-bond acceptors (Lipinski definition) is 3. The van der Waals surface area contributed by atoms with Gasteiger partial charge in [-0.3, -0.25) is 0 Å². The summed E-state index contributed by atoms with van der Waals surface area (Å²) < 4.78 is 5.18. The fourth-order valence-corrected chi connectivity index (χ4v) is 2.93. The smallest absolute Gasteiger partial charge is 0.334 e. The Hall–Kier alpha value is -1.77. The van der Waals surface area contributed by atoms with E-state index in [1.165, 1.54) is 5.56 Å². The normalized spacial score (nSPS) is 21.1. The molecule has 2 aliphatic rings. The summed E-state index contributed by atoms with van der Waals surface area (Å²) in [5, 5.41) is 3.50. The molecule has 0 radical (unpaired) electrons. The molecule has 1 atom stereocenters. The molecule has 0 bridgehead atoms. The quantitative estimate of drug-likeness (QED) is 0.811. The second-order valence-corrected chi connectivity index (χ2v) is 4.75. The first-order valence-electron chi connectivity index (χ1n) is 6.57. The van der Waals surface area contributed by atoms with Gasteiger partial charge >= 0.3 is 5.97 Å². The Kier molecular flexibility index (Phi) is 2.82. The highest BCUT2D eigenvalue weighted by Crippen LogP contribution is 2.43. The monoisotopic (exact) mass is 243 g/mol. The van der Waals surface area contributed by atoms with Crippen LogP contribution >= 0.6 is 0 Å². The fourth-order valence-electron chi connectivity index (χ4n) is 2.93. The van der Waals surface area contributed by atoms with Gasteiger partial charge < -0.3 is 10.1 Å². The summed E-state index contributed by atoms with van der Waals surface area (Å²) in [6.45, 7) is 2.29. The van der Waals surface area contributed by atoms with Crippen LogP contribution < -0.4 is 5.32 Å². The Bertz CT molecular complexity index is 519. The molecule has 1 aliphatic heterocycles. The highest BCUT2D eigenvalue weighted by molar-refractivity contribution is 6.03. The van der Waals surface area contributed by atoms with E-state index in [1.807, 2.05) is 19.1 Å². The van der Waals surface area contributed by atoms with Crippen molar-refractivity contribution in [2.24, 2.45) is 0 Å². The van der Waals surface area contributed by atoms with Crippen LogP contribution in [-0.4, -0.2) is 18.6 Å². The molecule has 1 aromatic rings. The third kappa shape index (κ3) is 1.70. The maximum absolute atomic E-state index is 12.0. The van der Waals surface area contributed by atoms with Crippen molar-refractivity contribution in [2.75, 3.05) is 11.9 Å². The summed E-state index contributed by atoms with van der Waals surface area (Å²) in [6, 6.07) is 8.49. The summed E-state index contributed by atoms with van der Waals surface area (Å²) in [5.41, 5.74) is 4.34. The first kappa shape index (κ1) is 11.3. The van der Waals surface area contributed by atoms with E-state index in [1.54, 1.807) is 0 Å². The maximum atomic E-state index is 12.0. The van der Waals surface area contributed by atoms with Crippen molar-refractivity contribution >= 4 is 17.2 Å². The van der Waals surface area contributed by atoms with Crippen molar-refractivity contribution in [1.29, 1.82) is 0 Å². The number of benzene rings is 1. The summed E-state index contributed by atoms with van der Waals surface area (Å²) in [5.74, 6) is -0.143. The second kappa shape index (κ2) is 4.48. The zero-order chi connectivity index (χ0) is 12.5. The van der Waals surface area contributed by atoms with Crippen LogP contribution in [0.5, 0.6) is 0 Å². The van der Waals surface area contributed by atoms with E-state index in [4.69, 9.17) is 4.74 Å². The number of anilines is 1. The van der Waals surface area contributed by atoms with Crippen molar-refractivity contribution in [3.63, 3.8) is 0 Å². The Morgan fingerprint density at radius 1 is 1.44 bits per heavy atom. The number of ether oxygens (including phenoxy) is 1. The van der Waals surface area contributed by atoms with Gasteiger partial charge in [-0.25, -0.2) is 4.79 Å². The number of hydrogen-bond donors (Lipinski definition) is 1. The van der Waals surface area contributed by atoms with Gasteiger partial charge in [-0.15, -0.1) is 0 Å². The fraction of sp³-hybridized carbons (Fsp3) is 0.400. The number of fused-ring (bicyclic) bond motifs is 3. The van der Waals surface area contributed by atoms with E-state index in [-0.39, 0.29) is 12.0 Å². The average molecular weight is 243 g/mol. The van der Waals surface area contributed by atoms with E-state index >= 15 is 0 Å². The highest BCUT2D eigenvalue weighted by Gasteiger charge is 2.33. The number of esters is 1. The van der Waals surface area contributed by atoms with E-state index in [0.717, 1.165) is 36.1 Å². The van der Waals surface area contributed by atoms with Gasteiger partial charge in [0.15, 0.2) is 0 Å². The van der Waals surface area contributed by atoms with Gasteiger partial charge in [-0.05, 0) is 37.8 Å². The number of rotatable bonds is 2. The van der Waals surface area contributed by atoms with Crippen LogP contribution in [0.15, 0.2) is 29.8 Å². The molecule has 3 nitrogen and oxygen atoms in total. The van der Waals surface area contributed by atoms with Crippen LogP contribution in [0.3, 0.4) is 0 Å². The van der Waals surface area contributed by atoms with Crippen LogP contribution in [0, 0.1) is 0 Å². The maximum Gasteiger partial charge on any atom is 0.334 e.